The van der Waals surface area contributed by atoms with Crippen LogP contribution in [-0.2, 0) is 5.75 Å². The van der Waals surface area contributed by atoms with E-state index in [9.17, 15) is 4.39 Å². The summed E-state index contributed by atoms with van der Waals surface area (Å²) in [6, 6.07) is 4.37. The summed E-state index contributed by atoms with van der Waals surface area (Å²) in [5, 5.41) is 0.797. The van der Waals surface area contributed by atoms with E-state index >= 15 is 0 Å². The quantitative estimate of drug-likeness (QED) is 0.656. The Kier molecular flexibility index (Phi) is 3.36. The molecule has 0 aliphatic carbocycles. The topological polar surface area (TPSA) is 51.8 Å². The summed E-state index contributed by atoms with van der Waals surface area (Å²) in [4.78, 5) is 8.06. The van der Waals surface area contributed by atoms with E-state index in [1.807, 2.05) is 0 Å². The van der Waals surface area contributed by atoms with Crippen molar-refractivity contribution in [3.8, 4) is 0 Å². The van der Waals surface area contributed by atoms with E-state index in [-0.39, 0.29) is 5.82 Å². The van der Waals surface area contributed by atoms with Gasteiger partial charge in [-0.2, -0.15) is 0 Å². The molecule has 2 N–H and O–H groups in total. The minimum atomic E-state index is -0.274. The molecule has 0 aliphatic heterocycles. The van der Waals surface area contributed by atoms with Crippen LogP contribution in [0.15, 0.2) is 41.8 Å². The number of hydrogen-bond donors (Lipinski definition) is 1. The van der Waals surface area contributed by atoms with Crippen molar-refractivity contribution in [2.75, 3.05) is 5.73 Å². The fourth-order valence-electron chi connectivity index (χ4n) is 1.21. The molecule has 0 radical (unpaired) electrons. The number of nitrogen functional groups attached to an aromatic ring is 1. The number of nitrogens with two attached hydrogens (primary N) is 1. The molecule has 1 aromatic carbocycles. The predicted molar refractivity (Wildman–Crippen MR) is 62.4 cm³/mol. The van der Waals surface area contributed by atoms with Crippen molar-refractivity contribution in [1.29, 1.82) is 0 Å². The molecule has 5 heteroatoms. The summed E-state index contributed by atoms with van der Waals surface area (Å²) >= 11 is 1.48. The van der Waals surface area contributed by atoms with Gasteiger partial charge in [0, 0.05) is 23.8 Å². The first-order valence-electron chi connectivity index (χ1n) is 4.68. The van der Waals surface area contributed by atoms with Gasteiger partial charge >= 0.3 is 0 Å². The van der Waals surface area contributed by atoms with Crippen LogP contribution in [0.4, 0.5) is 10.1 Å². The zero-order chi connectivity index (χ0) is 11.4. The molecule has 0 aliphatic rings. The van der Waals surface area contributed by atoms with Crippen molar-refractivity contribution >= 4 is 17.4 Å². The monoisotopic (exact) mass is 235 g/mol. The highest BCUT2D eigenvalue weighted by molar-refractivity contribution is 7.98. The van der Waals surface area contributed by atoms with Gasteiger partial charge in [0.1, 0.15) is 10.8 Å². The summed E-state index contributed by atoms with van der Waals surface area (Å²) in [6.07, 6.45) is 4.90. The molecule has 3 nitrogen and oxygen atoms in total. The van der Waals surface area contributed by atoms with Crippen LogP contribution >= 0.6 is 11.8 Å². The highest BCUT2D eigenvalue weighted by Crippen LogP contribution is 2.23. The molecule has 2 aromatic rings. The fraction of sp³-hybridized carbons (Fsp3) is 0.0909. The molecular formula is C11H10FN3S. The van der Waals surface area contributed by atoms with E-state index in [4.69, 9.17) is 5.73 Å². The molecule has 0 spiro atoms. The summed E-state index contributed by atoms with van der Waals surface area (Å²) in [7, 11) is 0. The Balaban J connectivity index is 2.08. The number of hydrogen-bond acceptors (Lipinski definition) is 4. The van der Waals surface area contributed by atoms with Crippen molar-refractivity contribution < 1.29 is 4.39 Å². The van der Waals surface area contributed by atoms with Crippen molar-refractivity contribution in [2.45, 2.75) is 10.8 Å². The molecule has 0 unspecified atom stereocenters. The van der Waals surface area contributed by atoms with E-state index in [1.54, 1.807) is 24.7 Å². The SMILES string of the molecule is Nc1ccc(F)cc1CSc1cnccn1. The predicted octanol–water partition coefficient (Wildman–Crippen LogP) is 2.49. The fourth-order valence-corrected chi connectivity index (χ4v) is 2.04. The lowest BCUT2D eigenvalue weighted by Crippen LogP contribution is -1.94. The van der Waals surface area contributed by atoms with Crippen LogP contribution in [0.3, 0.4) is 0 Å². The van der Waals surface area contributed by atoms with Crippen molar-refractivity contribution in [1.82, 2.24) is 9.97 Å². The highest BCUT2D eigenvalue weighted by Gasteiger charge is 2.03. The third-order valence-electron chi connectivity index (χ3n) is 2.02. The maximum absolute atomic E-state index is 13.0. The maximum atomic E-state index is 13.0. The molecule has 0 bridgehead atoms. The number of thioether (sulfide) groups is 1. The van der Waals surface area contributed by atoms with Gasteiger partial charge in [-0.1, -0.05) is 0 Å². The Labute approximate surface area is 96.9 Å². The molecule has 0 fully saturated rings. The molecule has 16 heavy (non-hydrogen) atoms. The zero-order valence-corrected chi connectivity index (χ0v) is 9.25. The van der Waals surface area contributed by atoms with Gasteiger partial charge in [-0.25, -0.2) is 9.37 Å². The minimum Gasteiger partial charge on any atom is -0.398 e. The molecule has 0 saturated carbocycles. The van der Waals surface area contributed by atoms with E-state index in [0.717, 1.165) is 10.6 Å². The van der Waals surface area contributed by atoms with Gasteiger partial charge in [-0.3, -0.25) is 4.98 Å². The second-order valence-electron chi connectivity index (χ2n) is 3.18. The second-order valence-corrected chi connectivity index (χ2v) is 4.17. The smallest absolute Gasteiger partial charge is 0.123 e. The molecule has 1 aromatic heterocycles. The van der Waals surface area contributed by atoms with Gasteiger partial charge in [0.2, 0.25) is 0 Å². The van der Waals surface area contributed by atoms with Gasteiger partial charge in [-0.15, -0.1) is 11.8 Å². The standard InChI is InChI=1S/C11H10FN3S/c12-9-1-2-10(13)8(5-9)7-16-11-6-14-3-4-15-11/h1-6H,7,13H2. The number of halogens is 1. The molecule has 0 amide bonds. The van der Waals surface area contributed by atoms with Crippen LogP contribution in [0.5, 0.6) is 0 Å². The normalized spacial score (nSPS) is 10.3. The van der Waals surface area contributed by atoms with Gasteiger partial charge < -0.3 is 5.73 Å². The Bertz CT molecular complexity index is 476. The van der Waals surface area contributed by atoms with E-state index in [1.165, 1.54) is 23.9 Å². The van der Waals surface area contributed by atoms with Gasteiger partial charge in [-0.05, 0) is 23.8 Å². The number of benzene rings is 1. The first kappa shape index (κ1) is 10.9. The first-order chi connectivity index (χ1) is 7.75. The Morgan fingerprint density at radius 2 is 2.19 bits per heavy atom. The maximum Gasteiger partial charge on any atom is 0.123 e. The average Bonchev–Trinajstić information content (AvgIpc) is 2.32. The number of aromatic nitrogens is 2. The lowest BCUT2D eigenvalue weighted by molar-refractivity contribution is 0.627. The van der Waals surface area contributed by atoms with Crippen LogP contribution in [0.1, 0.15) is 5.56 Å². The Morgan fingerprint density at radius 1 is 1.31 bits per heavy atom. The number of anilines is 1. The summed E-state index contributed by atoms with van der Waals surface area (Å²) < 4.78 is 13.0. The number of nitrogens with zero attached hydrogens (tertiary/aromatic N) is 2. The molecular weight excluding hydrogens is 225 g/mol. The number of rotatable bonds is 3. The molecule has 2 rings (SSSR count). The van der Waals surface area contributed by atoms with Gasteiger partial charge in [0.05, 0.1) is 6.20 Å². The average molecular weight is 235 g/mol. The Morgan fingerprint density at radius 3 is 2.94 bits per heavy atom. The van der Waals surface area contributed by atoms with Crippen molar-refractivity contribution in [3.63, 3.8) is 0 Å². The van der Waals surface area contributed by atoms with Crippen LogP contribution in [0, 0.1) is 5.82 Å². The van der Waals surface area contributed by atoms with Crippen LogP contribution in [0.25, 0.3) is 0 Å². The van der Waals surface area contributed by atoms with Crippen molar-refractivity contribution in [2.24, 2.45) is 0 Å². The van der Waals surface area contributed by atoms with Crippen LogP contribution in [0.2, 0.25) is 0 Å². The third kappa shape index (κ3) is 2.70. The lowest BCUT2D eigenvalue weighted by Gasteiger charge is -2.04. The second kappa shape index (κ2) is 4.94. The van der Waals surface area contributed by atoms with E-state index in [2.05, 4.69) is 9.97 Å². The first-order valence-corrected chi connectivity index (χ1v) is 5.67. The lowest BCUT2D eigenvalue weighted by atomic mass is 10.2. The molecule has 82 valence electrons. The van der Waals surface area contributed by atoms with E-state index in [0.29, 0.717) is 11.4 Å². The van der Waals surface area contributed by atoms with E-state index < -0.39 is 0 Å². The Hall–Kier alpha value is -1.62. The summed E-state index contributed by atoms with van der Waals surface area (Å²) in [5.41, 5.74) is 7.11. The zero-order valence-electron chi connectivity index (χ0n) is 8.43. The van der Waals surface area contributed by atoms with Crippen LogP contribution < -0.4 is 5.73 Å². The van der Waals surface area contributed by atoms with Crippen LogP contribution in [-0.4, -0.2) is 9.97 Å². The minimum absolute atomic E-state index is 0.274. The molecule has 1 heterocycles. The third-order valence-corrected chi connectivity index (χ3v) is 2.98. The summed E-state index contributed by atoms with van der Waals surface area (Å²) in [5.74, 6) is 0.311. The van der Waals surface area contributed by atoms with Gasteiger partial charge in [0.25, 0.3) is 0 Å². The van der Waals surface area contributed by atoms with Crippen molar-refractivity contribution in [3.05, 3.63) is 48.2 Å². The van der Waals surface area contributed by atoms with Gasteiger partial charge in [0.15, 0.2) is 0 Å². The highest BCUT2D eigenvalue weighted by atomic mass is 32.2. The summed E-state index contributed by atoms with van der Waals surface area (Å²) in [6.45, 7) is 0. The largest absolute Gasteiger partial charge is 0.398 e. The molecule has 0 atom stereocenters. The molecule has 0 saturated heterocycles.